The third kappa shape index (κ3) is 4.53. The average Bonchev–Trinajstić information content (AvgIpc) is 2.01. The molecular formula is C5H6F3O5S-. The molecule has 0 aliphatic heterocycles. The molecule has 0 N–H and O–H groups in total. The number of ether oxygens (including phenoxy) is 1. The molecule has 0 radical (unpaired) electrons. The first-order chi connectivity index (χ1) is 6.29. The fraction of sp³-hybridized carbons (Fsp3) is 0.800. The smallest absolute Gasteiger partial charge is 0.404 e. The van der Waals surface area contributed by atoms with E-state index < -0.39 is 36.0 Å². The van der Waals surface area contributed by atoms with Gasteiger partial charge in [0.15, 0.2) is 5.92 Å². The van der Waals surface area contributed by atoms with Crippen molar-refractivity contribution in [2.45, 2.75) is 6.18 Å². The van der Waals surface area contributed by atoms with Crippen molar-refractivity contribution in [2.24, 2.45) is 5.92 Å². The molecule has 5 nitrogen and oxygen atoms in total. The monoisotopic (exact) mass is 235 g/mol. The number of hydrogen-bond acceptors (Lipinski definition) is 5. The highest BCUT2D eigenvalue weighted by molar-refractivity contribution is 7.74. The molecule has 0 heterocycles. The van der Waals surface area contributed by atoms with E-state index >= 15 is 0 Å². The molecule has 9 heteroatoms. The maximum Gasteiger partial charge on any atom is 0.404 e. The Hall–Kier alpha value is -0.670. The standard InChI is InChI=1S/C5H7F3O5S/c1-12-4(9)3(5(6,7)8)2-13-14(10)11/h3H,2H2,1H3,(H,10,11)/p-1/t3-/m1/s1. The van der Waals surface area contributed by atoms with Crippen molar-refractivity contribution in [3.05, 3.63) is 0 Å². The molecule has 1 unspecified atom stereocenters. The van der Waals surface area contributed by atoms with E-state index in [-0.39, 0.29) is 0 Å². The lowest BCUT2D eigenvalue weighted by Crippen LogP contribution is -2.35. The summed E-state index contributed by atoms with van der Waals surface area (Å²) in [4.78, 5) is 10.5. The summed E-state index contributed by atoms with van der Waals surface area (Å²) in [6, 6.07) is 0. The van der Waals surface area contributed by atoms with Crippen LogP contribution in [0.25, 0.3) is 0 Å². The summed E-state index contributed by atoms with van der Waals surface area (Å²) in [5.74, 6) is -4.19. The second-order valence-electron chi connectivity index (χ2n) is 2.11. The van der Waals surface area contributed by atoms with Crippen LogP contribution in [0.4, 0.5) is 13.2 Å². The second-order valence-corrected chi connectivity index (χ2v) is 2.75. The van der Waals surface area contributed by atoms with Gasteiger partial charge in [0.1, 0.15) is 0 Å². The molecule has 84 valence electrons. The van der Waals surface area contributed by atoms with Gasteiger partial charge in [0.2, 0.25) is 0 Å². The summed E-state index contributed by atoms with van der Waals surface area (Å²) >= 11 is -3.10. The van der Waals surface area contributed by atoms with Crippen molar-refractivity contribution in [1.29, 1.82) is 0 Å². The Morgan fingerprint density at radius 2 is 2.07 bits per heavy atom. The van der Waals surface area contributed by atoms with Crippen LogP contribution in [0, 0.1) is 5.92 Å². The van der Waals surface area contributed by atoms with Crippen molar-refractivity contribution < 1.29 is 35.6 Å². The summed E-state index contributed by atoms with van der Waals surface area (Å²) in [5.41, 5.74) is 0. The van der Waals surface area contributed by atoms with Crippen molar-refractivity contribution in [2.75, 3.05) is 13.7 Å². The Bertz CT molecular complexity index is 228. The van der Waals surface area contributed by atoms with Crippen LogP contribution in [0.3, 0.4) is 0 Å². The maximum absolute atomic E-state index is 12.0. The van der Waals surface area contributed by atoms with Gasteiger partial charge in [0.25, 0.3) is 0 Å². The quantitative estimate of drug-likeness (QED) is 0.512. The van der Waals surface area contributed by atoms with Crippen LogP contribution in [0.2, 0.25) is 0 Å². The van der Waals surface area contributed by atoms with Gasteiger partial charge in [-0.15, -0.1) is 0 Å². The summed E-state index contributed by atoms with van der Waals surface area (Å²) in [5, 5.41) is 0. The SMILES string of the molecule is COC(=O)[C@@H](COS(=O)[O-])C(F)(F)F. The minimum Gasteiger partial charge on any atom is -0.750 e. The van der Waals surface area contributed by atoms with E-state index in [0.29, 0.717) is 0 Å². The van der Waals surface area contributed by atoms with E-state index in [4.69, 9.17) is 0 Å². The Morgan fingerprint density at radius 1 is 1.57 bits per heavy atom. The van der Waals surface area contributed by atoms with Gasteiger partial charge >= 0.3 is 12.1 Å². The fourth-order valence-electron chi connectivity index (χ4n) is 0.562. The molecule has 0 aromatic rings. The van der Waals surface area contributed by atoms with Crippen molar-refractivity contribution >= 4 is 17.3 Å². The average molecular weight is 235 g/mol. The highest BCUT2D eigenvalue weighted by atomic mass is 32.2. The van der Waals surface area contributed by atoms with Gasteiger partial charge in [-0.25, -0.2) is 4.21 Å². The van der Waals surface area contributed by atoms with Gasteiger partial charge in [-0.1, -0.05) is 0 Å². The molecule has 2 atom stereocenters. The van der Waals surface area contributed by atoms with Crippen molar-refractivity contribution in [3.8, 4) is 0 Å². The number of carbonyl (C=O) groups excluding carboxylic acids is 1. The fourth-order valence-corrected chi connectivity index (χ4v) is 0.809. The van der Waals surface area contributed by atoms with E-state index in [2.05, 4.69) is 8.92 Å². The lowest BCUT2D eigenvalue weighted by molar-refractivity contribution is -0.200. The highest BCUT2D eigenvalue weighted by Crippen LogP contribution is 2.27. The van der Waals surface area contributed by atoms with Gasteiger partial charge in [-0.2, -0.15) is 13.2 Å². The molecule has 0 spiro atoms. The number of halogens is 3. The first-order valence-electron chi connectivity index (χ1n) is 3.16. The maximum atomic E-state index is 12.0. The zero-order valence-electron chi connectivity index (χ0n) is 6.87. The Kier molecular flexibility index (Phi) is 5.02. The minimum atomic E-state index is -4.90. The van der Waals surface area contributed by atoms with E-state index in [9.17, 15) is 26.7 Å². The van der Waals surface area contributed by atoms with Gasteiger partial charge in [0.05, 0.1) is 25.1 Å². The molecule has 0 fully saturated rings. The van der Waals surface area contributed by atoms with Crippen molar-refractivity contribution in [1.82, 2.24) is 0 Å². The topological polar surface area (TPSA) is 75.7 Å². The molecule has 0 aromatic heterocycles. The molecule has 0 amide bonds. The number of rotatable bonds is 4. The zero-order valence-corrected chi connectivity index (χ0v) is 7.68. The number of methoxy groups -OCH3 is 1. The van der Waals surface area contributed by atoms with E-state index in [0.717, 1.165) is 7.11 Å². The Balaban J connectivity index is 4.41. The van der Waals surface area contributed by atoms with Crippen LogP contribution >= 0.6 is 0 Å². The summed E-state index contributed by atoms with van der Waals surface area (Å²) < 4.78 is 63.2. The lowest BCUT2D eigenvalue weighted by atomic mass is 10.1. The van der Waals surface area contributed by atoms with Crippen LogP contribution in [0.15, 0.2) is 0 Å². The largest absolute Gasteiger partial charge is 0.750 e. The summed E-state index contributed by atoms with van der Waals surface area (Å²) in [6.07, 6.45) is -4.90. The molecule has 14 heavy (non-hydrogen) atoms. The molecule has 0 aliphatic rings. The number of hydrogen-bond donors (Lipinski definition) is 0. The van der Waals surface area contributed by atoms with E-state index in [1.807, 2.05) is 0 Å². The molecule has 0 rings (SSSR count). The number of carbonyl (C=O) groups is 1. The predicted octanol–water partition coefficient (Wildman–Crippen LogP) is 0.149. The molecule has 0 aliphatic carbocycles. The molecular weight excluding hydrogens is 229 g/mol. The molecule has 0 aromatic carbocycles. The van der Waals surface area contributed by atoms with Gasteiger partial charge < -0.3 is 9.29 Å². The third-order valence-electron chi connectivity index (χ3n) is 1.21. The van der Waals surface area contributed by atoms with Crippen molar-refractivity contribution in [3.63, 3.8) is 0 Å². The molecule has 0 saturated carbocycles. The predicted molar refractivity (Wildman–Crippen MR) is 36.4 cm³/mol. The summed E-state index contributed by atoms with van der Waals surface area (Å²) in [7, 11) is 0.759. The normalized spacial score (nSPS) is 16.1. The first-order valence-corrected chi connectivity index (χ1v) is 4.16. The number of alkyl halides is 3. The highest BCUT2D eigenvalue weighted by Gasteiger charge is 2.46. The zero-order chi connectivity index (χ0) is 11.4. The van der Waals surface area contributed by atoms with E-state index in [1.165, 1.54) is 0 Å². The van der Waals surface area contributed by atoms with Gasteiger partial charge in [0, 0.05) is 0 Å². The van der Waals surface area contributed by atoms with Gasteiger partial charge in [-0.05, 0) is 0 Å². The van der Waals surface area contributed by atoms with Crippen LogP contribution in [0.1, 0.15) is 0 Å². The Labute approximate surface area is 79.7 Å². The van der Waals surface area contributed by atoms with Gasteiger partial charge in [-0.3, -0.25) is 8.98 Å². The lowest BCUT2D eigenvalue weighted by Gasteiger charge is -2.17. The summed E-state index contributed by atoms with van der Waals surface area (Å²) in [6.45, 7) is -1.31. The van der Waals surface area contributed by atoms with E-state index in [1.54, 1.807) is 0 Å². The second kappa shape index (κ2) is 5.27. The van der Waals surface area contributed by atoms with Crippen LogP contribution in [-0.4, -0.2) is 34.6 Å². The number of esters is 1. The third-order valence-corrected chi connectivity index (χ3v) is 1.54. The molecule has 0 saturated heterocycles. The molecule has 0 bridgehead atoms. The van der Waals surface area contributed by atoms with Crippen LogP contribution in [0.5, 0.6) is 0 Å². The first kappa shape index (κ1) is 13.3. The minimum absolute atomic E-state index is 0.759. The Morgan fingerprint density at radius 3 is 2.36 bits per heavy atom. The van der Waals surface area contributed by atoms with Crippen LogP contribution in [-0.2, 0) is 25.1 Å². The van der Waals surface area contributed by atoms with Crippen LogP contribution < -0.4 is 0 Å².